The van der Waals surface area contributed by atoms with Gasteiger partial charge in [-0.2, -0.15) is 5.10 Å². The smallest absolute Gasteiger partial charge is 0.165 e. The summed E-state index contributed by atoms with van der Waals surface area (Å²) in [7, 11) is 1.64. The highest BCUT2D eigenvalue weighted by Crippen LogP contribution is 2.30. The van der Waals surface area contributed by atoms with Gasteiger partial charge < -0.3 is 19.3 Å². The Kier molecular flexibility index (Phi) is 8.25. The molecule has 0 unspecified atom stereocenters. The molecule has 4 rings (SSSR count). The maximum atomic E-state index is 13.9. The number of halogens is 1. The van der Waals surface area contributed by atoms with Gasteiger partial charge in [-0.1, -0.05) is 18.2 Å². The second-order valence-electron chi connectivity index (χ2n) is 9.19. The first kappa shape index (κ1) is 25.0. The lowest BCUT2D eigenvalue weighted by Gasteiger charge is -2.27. The zero-order valence-corrected chi connectivity index (χ0v) is 20.5. The number of hydrogen-bond donors (Lipinski definition) is 1. The Balaban J connectivity index is 1.32. The normalized spacial score (nSPS) is 18.7. The third kappa shape index (κ3) is 6.96. The van der Waals surface area contributed by atoms with Gasteiger partial charge in [-0.25, -0.2) is 4.39 Å². The Morgan fingerprint density at radius 1 is 1.06 bits per heavy atom. The first-order valence-electron chi connectivity index (χ1n) is 12.0. The minimum Gasteiger partial charge on any atom is -0.493 e. The zero-order chi connectivity index (χ0) is 24.7. The van der Waals surface area contributed by atoms with Crippen molar-refractivity contribution in [2.24, 2.45) is 0 Å². The molecule has 0 aliphatic carbocycles. The van der Waals surface area contributed by atoms with Crippen LogP contribution in [0.5, 0.6) is 17.2 Å². The molecule has 7 nitrogen and oxygen atoms in total. The van der Waals surface area contributed by atoms with Gasteiger partial charge in [-0.3, -0.25) is 9.58 Å². The van der Waals surface area contributed by atoms with Gasteiger partial charge in [-0.05, 0) is 68.1 Å². The second kappa shape index (κ2) is 11.6. The largest absolute Gasteiger partial charge is 0.493 e. The van der Waals surface area contributed by atoms with Gasteiger partial charge in [-0.15, -0.1) is 0 Å². The monoisotopic (exact) mass is 483 g/mol. The number of aryl methyl sites for hydroxylation is 1. The SMILES string of the molecule is COc1ccc(CN2CCC[C@@](O)(COc3ccccc3F)CC2)cc1OCCn1cc(C)cn1. The van der Waals surface area contributed by atoms with Crippen molar-refractivity contribution < 1.29 is 23.7 Å². The van der Waals surface area contributed by atoms with Crippen molar-refractivity contribution in [1.82, 2.24) is 14.7 Å². The third-order valence-electron chi connectivity index (χ3n) is 6.32. The van der Waals surface area contributed by atoms with E-state index in [1.165, 1.54) is 6.07 Å². The molecule has 188 valence electrons. The summed E-state index contributed by atoms with van der Waals surface area (Å²) >= 11 is 0. The van der Waals surface area contributed by atoms with E-state index in [4.69, 9.17) is 14.2 Å². The number of ether oxygens (including phenoxy) is 3. The average Bonchev–Trinajstić information content (AvgIpc) is 3.17. The van der Waals surface area contributed by atoms with Gasteiger partial charge >= 0.3 is 0 Å². The number of benzene rings is 2. The van der Waals surface area contributed by atoms with E-state index in [0.717, 1.165) is 37.2 Å². The van der Waals surface area contributed by atoms with Crippen LogP contribution < -0.4 is 14.2 Å². The predicted octanol–water partition coefficient (Wildman–Crippen LogP) is 4.21. The van der Waals surface area contributed by atoms with E-state index in [1.54, 1.807) is 25.3 Å². The van der Waals surface area contributed by atoms with E-state index >= 15 is 0 Å². The summed E-state index contributed by atoms with van der Waals surface area (Å²) in [5, 5.41) is 15.4. The summed E-state index contributed by atoms with van der Waals surface area (Å²) in [5.41, 5.74) is 1.26. The van der Waals surface area contributed by atoms with Crippen molar-refractivity contribution in [2.75, 3.05) is 33.4 Å². The Bertz CT molecular complexity index is 1110. The van der Waals surface area contributed by atoms with Crippen LogP contribution in [0.15, 0.2) is 54.9 Å². The predicted molar refractivity (Wildman–Crippen MR) is 131 cm³/mol. The van der Waals surface area contributed by atoms with E-state index in [0.29, 0.717) is 37.5 Å². The van der Waals surface area contributed by atoms with Crippen molar-refractivity contribution in [3.05, 3.63) is 71.8 Å². The molecule has 1 atom stereocenters. The van der Waals surface area contributed by atoms with Gasteiger partial charge in [0.05, 0.1) is 25.5 Å². The van der Waals surface area contributed by atoms with E-state index in [1.807, 2.05) is 42.2 Å². The highest BCUT2D eigenvalue weighted by Gasteiger charge is 2.31. The summed E-state index contributed by atoms with van der Waals surface area (Å²) in [4.78, 5) is 2.32. The Morgan fingerprint density at radius 2 is 1.91 bits per heavy atom. The molecule has 1 saturated heterocycles. The van der Waals surface area contributed by atoms with E-state index in [2.05, 4.69) is 10.00 Å². The number of aromatic nitrogens is 2. The van der Waals surface area contributed by atoms with Crippen molar-refractivity contribution in [3.63, 3.8) is 0 Å². The molecule has 1 fully saturated rings. The summed E-state index contributed by atoms with van der Waals surface area (Å²) in [6.07, 6.45) is 5.82. The van der Waals surface area contributed by atoms with Crippen molar-refractivity contribution in [2.45, 2.75) is 44.9 Å². The molecule has 1 N–H and O–H groups in total. The Hall–Kier alpha value is -3.10. The number of rotatable bonds is 10. The molecule has 0 radical (unpaired) electrons. The number of hydrogen-bond acceptors (Lipinski definition) is 6. The maximum Gasteiger partial charge on any atom is 0.165 e. The quantitative estimate of drug-likeness (QED) is 0.466. The van der Waals surface area contributed by atoms with Crippen molar-refractivity contribution in [1.29, 1.82) is 0 Å². The van der Waals surface area contributed by atoms with Crippen LogP contribution in [0.2, 0.25) is 0 Å². The number of aliphatic hydroxyl groups is 1. The summed E-state index contributed by atoms with van der Waals surface area (Å²) < 4.78 is 32.9. The fourth-order valence-corrected chi connectivity index (χ4v) is 4.34. The van der Waals surface area contributed by atoms with Crippen LogP contribution in [-0.4, -0.2) is 58.8 Å². The standard InChI is InChI=1S/C27H34FN3O4/c1-21-17-29-31(18-21)14-15-34-26-16-22(8-9-25(26)33-2)19-30-12-5-10-27(32,11-13-30)20-35-24-7-4-3-6-23(24)28/h3-4,6-9,16-18,32H,5,10-15,19-20H2,1-2H3/t27-/m0/s1. The topological polar surface area (TPSA) is 69.0 Å². The molecule has 0 amide bonds. The van der Waals surface area contributed by atoms with Crippen molar-refractivity contribution >= 4 is 0 Å². The van der Waals surface area contributed by atoms with Gasteiger partial charge in [0.1, 0.15) is 13.2 Å². The Morgan fingerprint density at radius 3 is 2.69 bits per heavy atom. The van der Waals surface area contributed by atoms with Crippen LogP contribution in [0, 0.1) is 12.7 Å². The highest BCUT2D eigenvalue weighted by molar-refractivity contribution is 5.43. The molecular formula is C27H34FN3O4. The Labute approximate surface area is 206 Å². The van der Waals surface area contributed by atoms with Gasteiger partial charge in [0.2, 0.25) is 0 Å². The van der Waals surface area contributed by atoms with Gasteiger partial charge in [0, 0.05) is 19.3 Å². The molecule has 0 bridgehead atoms. The fraction of sp³-hybridized carbons (Fsp3) is 0.444. The van der Waals surface area contributed by atoms with E-state index < -0.39 is 11.4 Å². The third-order valence-corrected chi connectivity index (χ3v) is 6.32. The molecule has 8 heteroatoms. The number of methoxy groups -OCH3 is 1. The average molecular weight is 484 g/mol. The van der Waals surface area contributed by atoms with Gasteiger partial charge in [0.15, 0.2) is 23.1 Å². The molecule has 1 aromatic heterocycles. The minimum atomic E-state index is -0.976. The van der Waals surface area contributed by atoms with Crippen LogP contribution in [0.1, 0.15) is 30.4 Å². The maximum absolute atomic E-state index is 13.9. The zero-order valence-electron chi connectivity index (χ0n) is 20.5. The molecule has 3 aromatic rings. The number of para-hydroxylation sites is 1. The molecule has 1 aliphatic heterocycles. The van der Waals surface area contributed by atoms with Crippen molar-refractivity contribution in [3.8, 4) is 17.2 Å². The molecule has 0 spiro atoms. The van der Waals surface area contributed by atoms with Crippen LogP contribution in [-0.2, 0) is 13.1 Å². The molecule has 2 heterocycles. The fourth-order valence-electron chi connectivity index (χ4n) is 4.34. The molecule has 0 saturated carbocycles. The lowest BCUT2D eigenvalue weighted by atomic mass is 9.96. The highest BCUT2D eigenvalue weighted by atomic mass is 19.1. The lowest BCUT2D eigenvalue weighted by molar-refractivity contribution is -0.0177. The first-order chi connectivity index (χ1) is 16.9. The van der Waals surface area contributed by atoms with Crippen LogP contribution >= 0.6 is 0 Å². The molecular weight excluding hydrogens is 449 g/mol. The summed E-state index contributed by atoms with van der Waals surface area (Å²) in [6, 6.07) is 12.3. The summed E-state index contributed by atoms with van der Waals surface area (Å²) in [5.74, 6) is 1.17. The molecule has 35 heavy (non-hydrogen) atoms. The number of likely N-dealkylation sites (tertiary alicyclic amines) is 1. The minimum absolute atomic E-state index is 0.0814. The first-order valence-corrected chi connectivity index (χ1v) is 12.0. The van der Waals surface area contributed by atoms with Gasteiger partial charge in [0.25, 0.3) is 0 Å². The van der Waals surface area contributed by atoms with E-state index in [-0.39, 0.29) is 12.4 Å². The number of nitrogens with zero attached hydrogens (tertiary/aromatic N) is 3. The molecule has 2 aromatic carbocycles. The summed E-state index contributed by atoms with van der Waals surface area (Å²) in [6.45, 7) is 5.55. The lowest BCUT2D eigenvalue weighted by Crippen LogP contribution is -2.37. The van der Waals surface area contributed by atoms with Crippen LogP contribution in [0.4, 0.5) is 4.39 Å². The van der Waals surface area contributed by atoms with Crippen LogP contribution in [0.3, 0.4) is 0 Å². The molecule has 1 aliphatic rings. The van der Waals surface area contributed by atoms with E-state index in [9.17, 15) is 9.50 Å². The van der Waals surface area contributed by atoms with Crippen LogP contribution in [0.25, 0.3) is 0 Å². The second-order valence-corrected chi connectivity index (χ2v) is 9.19.